The molecule has 1 atom stereocenters. The number of piperidine rings is 1. The van der Waals surface area contributed by atoms with Gasteiger partial charge in [0, 0.05) is 41.1 Å². The molecule has 45 heavy (non-hydrogen) atoms. The number of nitrogens with zero attached hydrogens (tertiary/aromatic N) is 3. The molecule has 5 heterocycles. The van der Waals surface area contributed by atoms with Crippen molar-refractivity contribution in [1.29, 1.82) is 0 Å². The van der Waals surface area contributed by atoms with E-state index in [4.69, 9.17) is 19.2 Å². The van der Waals surface area contributed by atoms with Crippen molar-refractivity contribution in [2.45, 2.75) is 64.5 Å². The Morgan fingerprint density at radius 2 is 1.76 bits per heavy atom. The van der Waals surface area contributed by atoms with E-state index in [0.29, 0.717) is 47.1 Å². The van der Waals surface area contributed by atoms with E-state index in [2.05, 4.69) is 36.1 Å². The molecule has 1 fully saturated rings. The first kappa shape index (κ1) is 28.0. The van der Waals surface area contributed by atoms with E-state index in [-0.39, 0.29) is 37.4 Å². The summed E-state index contributed by atoms with van der Waals surface area (Å²) in [7, 11) is 0. The van der Waals surface area contributed by atoms with Crippen molar-refractivity contribution in [2.75, 3.05) is 26.4 Å². The minimum Gasteiger partial charge on any atom is -0.454 e. The summed E-state index contributed by atoms with van der Waals surface area (Å²) in [5.41, 5.74) is 5.28. The zero-order chi connectivity index (χ0) is 30.9. The molecule has 2 aromatic carbocycles. The van der Waals surface area contributed by atoms with Crippen molar-refractivity contribution in [2.24, 2.45) is 0 Å². The number of fused-ring (bicyclic) bond motifs is 6. The van der Waals surface area contributed by atoms with Crippen LogP contribution in [0.15, 0.2) is 47.3 Å². The van der Waals surface area contributed by atoms with Crippen molar-refractivity contribution in [3.05, 3.63) is 75.1 Å². The molecule has 3 aliphatic heterocycles. The van der Waals surface area contributed by atoms with Crippen LogP contribution in [0, 0.1) is 6.92 Å². The van der Waals surface area contributed by atoms with Crippen LogP contribution in [0.1, 0.15) is 61.3 Å². The van der Waals surface area contributed by atoms with Gasteiger partial charge >= 0.3 is 5.97 Å². The number of hydrogen-bond acceptors (Lipinski definition) is 8. The average molecular weight is 606 g/mol. The molecule has 4 aromatic rings. The standard InChI is InChI=1S/C36H35N3O6/c1-3-36(45-32(41)11-14-38-12-5-4-6-13-38)26-17-28-34-25(19-39(28)35(42)23(26)16-31(36)40)33(22-9-7-21(2)8-10-22)24-15-29-30(44-20-43-29)18-27(24)37-34/h7-10,15,17-18H,3-6,11-14,16,19-20H2,1-2H3. The van der Waals surface area contributed by atoms with E-state index < -0.39 is 11.6 Å². The molecule has 9 nitrogen and oxygen atoms in total. The first-order valence-corrected chi connectivity index (χ1v) is 15.9. The Balaban J connectivity index is 1.24. The molecule has 1 unspecified atom stereocenters. The zero-order valence-corrected chi connectivity index (χ0v) is 25.6. The lowest BCUT2D eigenvalue weighted by molar-refractivity contribution is -0.168. The summed E-state index contributed by atoms with van der Waals surface area (Å²) in [4.78, 5) is 48.3. The largest absolute Gasteiger partial charge is 0.454 e. The van der Waals surface area contributed by atoms with Crippen LogP contribution in [0.25, 0.3) is 33.4 Å². The molecule has 0 radical (unpaired) electrons. The molecule has 0 bridgehead atoms. The van der Waals surface area contributed by atoms with E-state index >= 15 is 0 Å². The Morgan fingerprint density at radius 3 is 2.51 bits per heavy atom. The molecule has 0 spiro atoms. The summed E-state index contributed by atoms with van der Waals surface area (Å²) in [5, 5.41) is 0.913. The van der Waals surface area contributed by atoms with Crippen molar-refractivity contribution in [3.63, 3.8) is 0 Å². The van der Waals surface area contributed by atoms with Gasteiger partial charge in [-0.2, -0.15) is 0 Å². The van der Waals surface area contributed by atoms with Crippen molar-refractivity contribution < 1.29 is 23.8 Å². The van der Waals surface area contributed by atoms with Crippen molar-refractivity contribution >= 4 is 22.7 Å². The average Bonchev–Trinajstić information content (AvgIpc) is 3.74. The van der Waals surface area contributed by atoms with E-state index in [1.54, 1.807) is 4.57 Å². The molecular weight excluding hydrogens is 570 g/mol. The Labute approximate surface area is 260 Å². The second-order valence-corrected chi connectivity index (χ2v) is 12.6. The Morgan fingerprint density at radius 1 is 1.00 bits per heavy atom. The smallest absolute Gasteiger partial charge is 0.308 e. The van der Waals surface area contributed by atoms with Gasteiger partial charge in [-0.25, -0.2) is 4.98 Å². The second-order valence-electron chi connectivity index (χ2n) is 12.6. The number of ketones is 1. The highest BCUT2D eigenvalue weighted by atomic mass is 16.7. The zero-order valence-electron chi connectivity index (χ0n) is 25.6. The number of esters is 1. The predicted octanol–water partition coefficient (Wildman–Crippen LogP) is 5.28. The number of benzene rings is 2. The van der Waals surface area contributed by atoms with Crippen LogP contribution in [0.2, 0.25) is 0 Å². The van der Waals surface area contributed by atoms with Crippen molar-refractivity contribution in [3.8, 4) is 34.0 Å². The number of pyridine rings is 2. The first-order valence-electron chi connectivity index (χ1n) is 15.9. The highest BCUT2D eigenvalue weighted by molar-refractivity contribution is 6.02. The Kier molecular flexibility index (Phi) is 6.57. The summed E-state index contributed by atoms with van der Waals surface area (Å²) in [6.07, 6.45) is 3.90. The minimum absolute atomic E-state index is 0.0559. The van der Waals surface area contributed by atoms with E-state index in [1.165, 1.54) is 6.42 Å². The monoisotopic (exact) mass is 605 g/mol. The number of aromatic nitrogens is 2. The Hall–Kier alpha value is -4.50. The number of carbonyl (C=O) groups excluding carboxylic acids is 2. The van der Waals surface area contributed by atoms with Crippen LogP contribution in [0.4, 0.5) is 0 Å². The fraction of sp³-hybridized carbons (Fsp3) is 0.389. The first-order chi connectivity index (χ1) is 21.9. The second kappa shape index (κ2) is 10.5. The third kappa shape index (κ3) is 4.39. The highest BCUT2D eigenvalue weighted by Gasteiger charge is 2.51. The maximum Gasteiger partial charge on any atom is 0.308 e. The molecule has 1 saturated heterocycles. The van der Waals surface area contributed by atoms with Gasteiger partial charge in [0.05, 0.1) is 29.9 Å². The van der Waals surface area contributed by atoms with E-state index in [9.17, 15) is 14.4 Å². The molecule has 8 rings (SSSR count). The predicted molar refractivity (Wildman–Crippen MR) is 169 cm³/mol. The fourth-order valence-electron chi connectivity index (χ4n) is 7.54. The summed E-state index contributed by atoms with van der Waals surface area (Å²) < 4.78 is 19.2. The van der Waals surface area contributed by atoms with Gasteiger partial charge in [0.15, 0.2) is 22.9 Å². The van der Waals surface area contributed by atoms with Gasteiger partial charge < -0.3 is 23.7 Å². The number of hydrogen-bond donors (Lipinski definition) is 0. The third-order valence-electron chi connectivity index (χ3n) is 9.97. The maximum atomic E-state index is 14.1. The number of carbonyl (C=O) groups is 2. The quantitative estimate of drug-likeness (QED) is 0.241. The molecule has 2 aromatic heterocycles. The van der Waals surface area contributed by atoms with Gasteiger partial charge in [-0.1, -0.05) is 43.2 Å². The van der Waals surface area contributed by atoms with Gasteiger partial charge in [0.1, 0.15) is 0 Å². The van der Waals surface area contributed by atoms with Gasteiger partial charge in [0.25, 0.3) is 5.56 Å². The topological polar surface area (TPSA) is 100.0 Å². The lowest BCUT2D eigenvalue weighted by atomic mass is 9.90. The number of Topliss-reactive ketones (excluding diaryl/α,β-unsaturated/α-hetero) is 1. The SMILES string of the molecule is CCC1(OC(=O)CCN2CCCCC2)C(=O)Cc2c1cc1n(c2=O)Cc2c-1nc1cc3c(cc1c2-c1ccc(C)cc1)OCO3. The molecule has 0 saturated carbocycles. The van der Waals surface area contributed by atoms with Gasteiger partial charge in [-0.15, -0.1) is 0 Å². The highest BCUT2D eigenvalue weighted by Crippen LogP contribution is 2.47. The normalized spacial score (nSPS) is 19.9. The van der Waals surface area contributed by atoms with Crippen LogP contribution in [0.3, 0.4) is 0 Å². The minimum atomic E-state index is -1.48. The summed E-state index contributed by atoms with van der Waals surface area (Å²) >= 11 is 0. The van der Waals surface area contributed by atoms with Crippen LogP contribution in [-0.2, 0) is 32.9 Å². The van der Waals surface area contributed by atoms with Crippen LogP contribution >= 0.6 is 0 Å². The summed E-state index contributed by atoms with van der Waals surface area (Å²) in [6, 6.07) is 14.0. The maximum absolute atomic E-state index is 14.1. The van der Waals surface area contributed by atoms with E-state index in [1.807, 2.05) is 25.1 Å². The Bertz CT molecular complexity index is 1960. The molecule has 0 amide bonds. The van der Waals surface area contributed by atoms with Crippen LogP contribution < -0.4 is 15.0 Å². The van der Waals surface area contributed by atoms with Gasteiger partial charge in [0.2, 0.25) is 6.79 Å². The number of ether oxygens (including phenoxy) is 3. The number of aryl methyl sites for hydroxylation is 1. The van der Waals surface area contributed by atoms with Crippen molar-refractivity contribution in [1.82, 2.24) is 14.5 Å². The van der Waals surface area contributed by atoms with Crippen LogP contribution in [-0.4, -0.2) is 52.6 Å². The molecule has 0 N–H and O–H groups in total. The fourth-order valence-corrected chi connectivity index (χ4v) is 7.54. The molecule has 230 valence electrons. The number of likely N-dealkylation sites (tertiary alicyclic amines) is 1. The van der Waals surface area contributed by atoms with Gasteiger partial charge in [-0.05, 0) is 62.5 Å². The van der Waals surface area contributed by atoms with Gasteiger partial charge in [-0.3, -0.25) is 14.4 Å². The third-order valence-corrected chi connectivity index (χ3v) is 9.97. The summed E-state index contributed by atoms with van der Waals surface area (Å²) in [6.45, 7) is 6.93. The number of rotatable bonds is 6. The lowest BCUT2D eigenvalue weighted by Crippen LogP contribution is -2.38. The molecular formula is C36H35N3O6. The molecule has 9 heteroatoms. The summed E-state index contributed by atoms with van der Waals surface area (Å²) in [5.74, 6) is 0.637. The van der Waals surface area contributed by atoms with Crippen LogP contribution in [0.5, 0.6) is 11.5 Å². The van der Waals surface area contributed by atoms with E-state index in [0.717, 1.165) is 59.1 Å². The molecule has 1 aliphatic carbocycles. The lowest BCUT2D eigenvalue weighted by Gasteiger charge is -2.29. The molecule has 4 aliphatic rings.